The summed E-state index contributed by atoms with van der Waals surface area (Å²) in [5.74, 6) is -0.396. The average molecular weight is 507 g/mol. The van der Waals surface area contributed by atoms with E-state index in [2.05, 4.69) is 5.32 Å². The fourth-order valence-corrected chi connectivity index (χ4v) is 5.20. The van der Waals surface area contributed by atoms with Crippen LogP contribution >= 0.6 is 0 Å². The molecule has 9 nitrogen and oxygen atoms in total. The minimum atomic E-state index is -0.770. The van der Waals surface area contributed by atoms with Gasteiger partial charge in [0, 0.05) is 40.9 Å². The molecule has 1 aliphatic heterocycles. The molecule has 194 valence electrons. The van der Waals surface area contributed by atoms with Crippen molar-refractivity contribution in [3.8, 4) is 11.5 Å². The number of nitro groups is 1. The van der Waals surface area contributed by atoms with Crippen molar-refractivity contribution in [1.82, 2.24) is 5.32 Å². The van der Waals surface area contributed by atoms with Gasteiger partial charge < -0.3 is 19.5 Å². The van der Waals surface area contributed by atoms with Crippen molar-refractivity contribution in [2.45, 2.75) is 45.4 Å². The van der Waals surface area contributed by atoms with Gasteiger partial charge >= 0.3 is 5.97 Å². The van der Waals surface area contributed by atoms with Crippen molar-refractivity contribution >= 4 is 17.4 Å². The van der Waals surface area contributed by atoms with Crippen molar-refractivity contribution in [1.29, 1.82) is 0 Å². The number of ether oxygens (including phenoxy) is 3. The van der Waals surface area contributed by atoms with Gasteiger partial charge in [-0.25, -0.2) is 4.79 Å². The number of carbonyl (C=O) groups is 2. The highest BCUT2D eigenvalue weighted by Crippen LogP contribution is 2.47. The van der Waals surface area contributed by atoms with Gasteiger partial charge in [-0.15, -0.1) is 0 Å². The Morgan fingerprint density at radius 3 is 2.41 bits per heavy atom. The minimum Gasteiger partial charge on any atom is -0.493 e. The lowest BCUT2D eigenvalue weighted by Gasteiger charge is -2.36. The largest absolute Gasteiger partial charge is 0.493 e. The highest BCUT2D eigenvalue weighted by molar-refractivity contribution is 6.04. The van der Waals surface area contributed by atoms with E-state index in [9.17, 15) is 19.7 Å². The van der Waals surface area contributed by atoms with Crippen molar-refractivity contribution in [2.24, 2.45) is 0 Å². The number of ketones is 1. The van der Waals surface area contributed by atoms with Crippen molar-refractivity contribution in [2.75, 3.05) is 20.8 Å². The molecule has 0 saturated carbocycles. The van der Waals surface area contributed by atoms with E-state index in [4.69, 9.17) is 14.2 Å². The molecule has 2 atom stereocenters. The number of rotatable bonds is 7. The number of nitro benzene ring substituents is 1. The number of esters is 1. The van der Waals surface area contributed by atoms with Crippen LogP contribution in [0.2, 0.25) is 0 Å². The number of benzene rings is 2. The Morgan fingerprint density at radius 1 is 1.05 bits per heavy atom. The Morgan fingerprint density at radius 2 is 1.76 bits per heavy atom. The fourth-order valence-electron chi connectivity index (χ4n) is 5.20. The second kappa shape index (κ2) is 10.5. The smallest absolute Gasteiger partial charge is 0.336 e. The molecule has 0 aromatic heterocycles. The van der Waals surface area contributed by atoms with E-state index in [0.717, 1.165) is 5.56 Å². The minimum absolute atomic E-state index is 0.0643. The Hall–Kier alpha value is -4.14. The topological polar surface area (TPSA) is 117 Å². The van der Waals surface area contributed by atoms with E-state index in [-0.39, 0.29) is 36.0 Å². The molecule has 0 radical (unpaired) electrons. The summed E-state index contributed by atoms with van der Waals surface area (Å²) in [5.41, 5.74) is 3.87. The molecule has 2 aromatic carbocycles. The Balaban J connectivity index is 1.82. The molecule has 9 heteroatoms. The molecule has 4 rings (SSSR count). The van der Waals surface area contributed by atoms with Crippen LogP contribution in [0.3, 0.4) is 0 Å². The molecule has 2 aromatic rings. The van der Waals surface area contributed by atoms with Crippen LogP contribution in [-0.2, 0) is 14.3 Å². The number of hydrogen-bond acceptors (Lipinski definition) is 8. The van der Waals surface area contributed by atoms with E-state index in [1.54, 1.807) is 47.1 Å². The standard InChI is InChI=1S/C28H30N2O7/c1-6-37-28(32)25-16(3)29-20-11-19(17-9-10-23(35-4)24(14-17)36-5)13-22(31)27(20)26(25)18-8-7-15(2)21(12-18)30(33)34/h7-10,12,14,19,26,29H,6,11,13H2,1-5H3/t19-,26-/m0/s1. The van der Waals surface area contributed by atoms with Crippen LogP contribution in [0.1, 0.15) is 55.2 Å². The van der Waals surface area contributed by atoms with Crippen LogP contribution in [0.4, 0.5) is 5.69 Å². The Bertz CT molecular complexity index is 1340. The Kier molecular flexibility index (Phi) is 7.33. The summed E-state index contributed by atoms with van der Waals surface area (Å²) in [5, 5.41) is 15.0. The van der Waals surface area contributed by atoms with Crippen LogP contribution in [0.25, 0.3) is 0 Å². The number of carbonyl (C=O) groups excluding carboxylic acids is 2. The molecule has 0 saturated heterocycles. The molecule has 1 N–H and O–H groups in total. The number of methoxy groups -OCH3 is 2. The summed E-state index contributed by atoms with van der Waals surface area (Å²) >= 11 is 0. The zero-order valence-corrected chi connectivity index (χ0v) is 21.5. The maximum Gasteiger partial charge on any atom is 0.336 e. The molecular weight excluding hydrogens is 476 g/mol. The first-order valence-electron chi connectivity index (χ1n) is 12.1. The third-order valence-electron chi connectivity index (χ3n) is 6.97. The quantitative estimate of drug-likeness (QED) is 0.322. The molecule has 0 spiro atoms. The van der Waals surface area contributed by atoms with Gasteiger partial charge in [0.1, 0.15) is 0 Å². The first kappa shape index (κ1) is 25.9. The summed E-state index contributed by atoms with van der Waals surface area (Å²) in [4.78, 5) is 38.0. The number of aryl methyl sites for hydroxylation is 1. The maximum absolute atomic E-state index is 13.7. The van der Waals surface area contributed by atoms with Crippen LogP contribution in [0.5, 0.6) is 11.5 Å². The van der Waals surface area contributed by atoms with Gasteiger partial charge in [0.25, 0.3) is 5.69 Å². The third-order valence-corrected chi connectivity index (χ3v) is 6.97. The number of allylic oxidation sites excluding steroid dienone is 3. The van der Waals surface area contributed by atoms with Crippen LogP contribution in [0, 0.1) is 17.0 Å². The summed E-state index contributed by atoms with van der Waals surface area (Å²) in [6.45, 7) is 5.29. The average Bonchev–Trinajstić information content (AvgIpc) is 2.87. The van der Waals surface area contributed by atoms with E-state index in [0.29, 0.717) is 46.0 Å². The molecule has 37 heavy (non-hydrogen) atoms. The lowest BCUT2D eigenvalue weighted by molar-refractivity contribution is -0.385. The van der Waals surface area contributed by atoms with Crippen LogP contribution in [-0.4, -0.2) is 37.5 Å². The molecule has 1 aliphatic carbocycles. The monoisotopic (exact) mass is 506 g/mol. The van der Waals surface area contributed by atoms with E-state index >= 15 is 0 Å². The second-order valence-corrected chi connectivity index (χ2v) is 9.16. The number of dihydropyridines is 1. The van der Waals surface area contributed by atoms with Gasteiger partial charge in [-0.2, -0.15) is 0 Å². The highest BCUT2D eigenvalue weighted by Gasteiger charge is 2.42. The summed E-state index contributed by atoms with van der Waals surface area (Å²) in [7, 11) is 3.13. The summed E-state index contributed by atoms with van der Waals surface area (Å²) in [6.07, 6.45) is 0.740. The summed E-state index contributed by atoms with van der Waals surface area (Å²) < 4.78 is 16.1. The Labute approximate surface area is 215 Å². The van der Waals surface area contributed by atoms with E-state index < -0.39 is 16.8 Å². The normalized spacial score (nSPS) is 19.2. The predicted octanol–water partition coefficient (Wildman–Crippen LogP) is 4.85. The zero-order valence-electron chi connectivity index (χ0n) is 21.5. The number of nitrogens with zero attached hydrogens (tertiary/aromatic N) is 1. The summed E-state index contributed by atoms with van der Waals surface area (Å²) in [6, 6.07) is 10.4. The third kappa shape index (κ3) is 4.81. The lowest BCUT2D eigenvalue weighted by atomic mass is 9.71. The van der Waals surface area contributed by atoms with Crippen molar-refractivity contribution < 1.29 is 28.7 Å². The van der Waals surface area contributed by atoms with Gasteiger partial charge in [-0.1, -0.05) is 18.2 Å². The highest BCUT2D eigenvalue weighted by atomic mass is 16.6. The van der Waals surface area contributed by atoms with Crippen LogP contribution in [0.15, 0.2) is 58.9 Å². The van der Waals surface area contributed by atoms with E-state index in [1.807, 2.05) is 18.2 Å². The number of Topliss-reactive ketones (excluding diaryl/α,β-unsaturated/α-hetero) is 1. The molecule has 0 fully saturated rings. The first-order valence-corrected chi connectivity index (χ1v) is 12.1. The van der Waals surface area contributed by atoms with Crippen molar-refractivity contribution in [3.05, 3.63) is 85.7 Å². The number of nitrogens with one attached hydrogen (secondary N) is 1. The molecular formula is C28H30N2O7. The van der Waals surface area contributed by atoms with E-state index in [1.165, 1.54) is 6.07 Å². The zero-order chi connectivity index (χ0) is 26.9. The number of hydrogen-bond donors (Lipinski definition) is 1. The lowest BCUT2D eigenvalue weighted by Crippen LogP contribution is -2.36. The second-order valence-electron chi connectivity index (χ2n) is 9.16. The molecule has 2 aliphatic rings. The first-order chi connectivity index (χ1) is 17.7. The molecule has 0 bridgehead atoms. The molecule has 0 unspecified atom stereocenters. The van der Waals surface area contributed by atoms with Gasteiger partial charge in [0.2, 0.25) is 0 Å². The fraction of sp³-hybridized carbons (Fsp3) is 0.357. The molecule has 0 amide bonds. The van der Waals surface area contributed by atoms with Gasteiger partial charge in [-0.3, -0.25) is 14.9 Å². The SMILES string of the molecule is CCOC(=O)C1=C(C)NC2=C(C(=O)C[C@@H](c3ccc(OC)c(OC)c3)C2)[C@H]1c1ccc(C)c([N+](=O)[O-])c1. The maximum atomic E-state index is 13.7. The van der Waals surface area contributed by atoms with Crippen LogP contribution < -0.4 is 14.8 Å². The van der Waals surface area contributed by atoms with Gasteiger partial charge in [0.15, 0.2) is 17.3 Å². The van der Waals surface area contributed by atoms with Crippen molar-refractivity contribution in [3.63, 3.8) is 0 Å². The molecule has 1 heterocycles. The van der Waals surface area contributed by atoms with Gasteiger partial charge in [0.05, 0.1) is 31.3 Å². The van der Waals surface area contributed by atoms with Gasteiger partial charge in [-0.05, 0) is 56.4 Å². The predicted molar refractivity (Wildman–Crippen MR) is 137 cm³/mol.